The van der Waals surface area contributed by atoms with E-state index in [1.807, 2.05) is 69.3 Å². The van der Waals surface area contributed by atoms with Gasteiger partial charge in [0.1, 0.15) is 17.5 Å². The molecule has 0 atom stereocenters. The fourth-order valence-corrected chi connectivity index (χ4v) is 4.71. The first-order chi connectivity index (χ1) is 20.6. The predicted octanol–water partition coefficient (Wildman–Crippen LogP) is 7.98. The Kier molecular flexibility index (Phi) is 9.14. The van der Waals surface area contributed by atoms with Crippen LogP contribution in [0.1, 0.15) is 83.9 Å². The topological polar surface area (TPSA) is 103 Å². The van der Waals surface area contributed by atoms with E-state index in [1.165, 1.54) is 6.33 Å². The summed E-state index contributed by atoms with van der Waals surface area (Å²) in [5, 5.41) is 5.48. The summed E-state index contributed by atoms with van der Waals surface area (Å²) in [6.45, 7) is 18.5. The molecule has 0 spiro atoms. The summed E-state index contributed by atoms with van der Waals surface area (Å²) in [5.74, 6) is 0.817. The normalized spacial score (nSPS) is 11.9. The summed E-state index contributed by atoms with van der Waals surface area (Å²) >= 11 is 0. The van der Waals surface area contributed by atoms with Crippen LogP contribution < -0.4 is 5.43 Å². The van der Waals surface area contributed by atoms with Crippen molar-refractivity contribution in [2.45, 2.75) is 73.1 Å². The van der Waals surface area contributed by atoms with Crippen LogP contribution in [0.25, 0.3) is 27.7 Å². The van der Waals surface area contributed by atoms with E-state index in [0.717, 1.165) is 16.8 Å². The van der Waals surface area contributed by atoms with Crippen molar-refractivity contribution in [2.24, 2.45) is 5.41 Å². The van der Waals surface area contributed by atoms with E-state index < -0.39 is 0 Å². The molecule has 44 heavy (non-hydrogen) atoms. The van der Waals surface area contributed by atoms with E-state index in [0.29, 0.717) is 27.7 Å². The summed E-state index contributed by atoms with van der Waals surface area (Å²) in [5.41, 5.74) is 3.92. The lowest BCUT2D eigenvalue weighted by Gasteiger charge is -2.20. The number of hydrogen-bond acceptors (Lipinski definition) is 7. The van der Waals surface area contributed by atoms with E-state index in [1.54, 1.807) is 35.2 Å². The molecule has 0 N–H and O–H groups in total. The minimum atomic E-state index is -0.304. The maximum absolute atomic E-state index is 12.7. The largest absolute Gasteiger partial charge is 0.456 e. The highest BCUT2D eigenvalue weighted by Gasteiger charge is 2.22. The molecule has 0 bridgehead atoms. The number of hydrogen-bond donors (Lipinski definition) is 0. The van der Waals surface area contributed by atoms with E-state index in [-0.39, 0.29) is 27.5 Å². The number of fused-ring (bicyclic) bond motifs is 3. The van der Waals surface area contributed by atoms with Gasteiger partial charge in [0.2, 0.25) is 5.43 Å². The second kappa shape index (κ2) is 12.5. The maximum Gasteiger partial charge on any atom is 0.252 e. The Hall–Kier alpha value is -4.72. The van der Waals surface area contributed by atoms with Crippen LogP contribution in [0, 0.1) is 5.41 Å². The monoisotopic (exact) mass is 591 g/mol. The van der Waals surface area contributed by atoms with Gasteiger partial charge in [0.25, 0.3) is 5.78 Å². The quantitative estimate of drug-likeness (QED) is 0.141. The minimum absolute atomic E-state index is 0.0578. The molecule has 4 aromatic heterocycles. The zero-order chi connectivity index (χ0) is 32.3. The van der Waals surface area contributed by atoms with Crippen molar-refractivity contribution in [1.82, 2.24) is 24.6 Å². The van der Waals surface area contributed by atoms with Crippen LogP contribution in [0.2, 0.25) is 0 Å². The molecule has 2 aromatic carbocycles. The third-order valence-corrected chi connectivity index (χ3v) is 6.99. The summed E-state index contributed by atoms with van der Waals surface area (Å²) in [6, 6.07) is 18.7. The van der Waals surface area contributed by atoms with Gasteiger partial charge in [-0.05, 0) is 47.4 Å². The van der Waals surface area contributed by atoms with E-state index in [2.05, 4.69) is 61.6 Å². The van der Waals surface area contributed by atoms with Gasteiger partial charge in [-0.3, -0.25) is 14.6 Å². The molecule has 0 saturated heterocycles. The Balaban J connectivity index is 0.000000157. The van der Waals surface area contributed by atoms with Gasteiger partial charge in [-0.15, -0.1) is 0 Å². The number of carbonyl (C=O) groups excluding carboxylic acids is 1. The molecule has 0 saturated carbocycles. The Morgan fingerprint density at radius 2 is 1.39 bits per heavy atom. The SMILES string of the molecule is CC(C)(C)C(=O)c1ccncc1.CC(C)(C)c1cccc2oc3ccccc3c(=O)c12.CC(C)(C)c1ccnc2ncnn12. The number of ketones is 1. The molecule has 0 unspecified atom stereocenters. The first kappa shape index (κ1) is 32.2. The number of aromatic nitrogens is 5. The highest BCUT2D eigenvalue weighted by Crippen LogP contribution is 2.29. The Bertz CT molecular complexity index is 1950. The minimum Gasteiger partial charge on any atom is -0.456 e. The van der Waals surface area contributed by atoms with Crippen molar-refractivity contribution in [1.29, 1.82) is 0 Å². The van der Waals surface area contributed by atoms with Crippen molar-refractivity contribution >= 4 is 33.5 Å². The molecule has 0 aliphatic carbocycles. The third-order valence-electron chi connectivity index (χ3n) is 6.99. The van der Waals surface area contributed by atoms with Crippen molar-refractivity contribution in [3.8, 4) is 0 Å². The van der Waals surface area contributed by atoms with E-state index in [9.17, 15) is 9.59 Å². The molecule has 0 fully saturated rings. The predicted molar refractivity (Wildman–Crippen MR) is 176 cm³/mol. The molecule has 6 rings (SSSR count). The van der Waals surface area contributed by atoms with Gasteiger partial charge in [-0.1, -0.05) is 86.6 Å². The number of rotatable bonds is 1. The summed E-state index contributed by atoms with van der Waals surface area (Å²) in [6.07, 6.45) is 6.57. The fourth-order valence-electron chi connectivity index (χ4n) is 4.71. The van der Waals surface area contributed by atoms with Gasteiger partial charge in [0, 0.05) is 35.0 Å². The molecular formula is C36H41N5O3. The van der Waals surface area contributed by atoms with Crippen LogP contribution in [0.4, 0.5) is 0 Å². The van der Waals surface area contributed by atoms with Gasteiger partial charge in [-0.2, -0.15) is 10.1 Å². The molecule has 0 aliphatic rings. The average Bonchev–Trinajstić information content (AvgIpc) is 3.45. The Morgan fingerprint density at radius 1 is 0.727 bits per heavy atom. The smallest absolute Gasteiger partial charge is 0.252 e. The number of para-hydroxylation sites is 1. The Labute approximate surface area is 258 Å². The fraction of sp³-hybridized carbons (Fsp3) is 0.333. The standard InChI is InChI=1S/C17H16O2.C10H13NO.C9H12N4/c1-17(2,3)12-8-6-10-14-15(12)16(18)11-7-4-5-9-13(11)19-14;1-10(2,3)9(12)8-4-6-11-7-5-8;1-9(2,3)7-4-5-10-8-11-6-12-13(7)8/h4-10H,1-3H3;4-7H,1-3H3;4-6H,1-3H3. The van der Waals surface area contributed by atoms with E-state index >= 15 is 0 Å². The molecule has 6 aromatic rings. The van der Waals surface area contributed by atoms with Crippen molar-refractivity contribution in [3.05, 3.63) is 113 Å². The highest BCUT2D eigenvalue weighted by molar-refractivity contribution is 5.99. The molecule has 0 radical (unpaired) electrons. The van der Waals surface area contributed by atoms with Crippen molar-refractivity contribution in [2.75, 3.05) is 0 Å². The molecule has 228 valence electrons. The number of carbonyl (C=O) groups is 1. The maximum atomic E-state index is 12.7. The van der Waals surface area contributed by atoms with Crippen LogP contribution in [-0.4, -0.2) is 30.3 Å². The molecule has 8 nitrogen and oxygen atoms in total. The molecule has 8 heteroatoms. The average molecular weight is 592 g/mol. The number of pyridine rings is 1. The summed E-state index contributed by atoms with van der Waals surface area (Å²) in [7, 11) is 0. The lowest BCUT2D eigenvalue weighted by Crippen LogP contribution is -2.19. The van der Waals surface area contributed by atoms with Crippen LogP contribution in [0.3, 0.4) is 0 Å². The summed E-state index contributed by atoms with van der Waals surface area (Å²) in [4.78, 5) is 36.3. The van der Waals surface area contributed by atoms with Gasteiger partial charge >= 0.3 is 0 Å². The highest BCUT2D eigenvalue weighted by atomic mass is 16.3. The van der Waals surface area contributed by atoms with Gasteiger partial charge in [-0.25, -0.2) is 9.50 Å². The van der Waals surface area contributed by atoms with Crippen molar-refractivity contribution < 1.29 is 9.21 Å². The van der Waals surface area contributed by atoms with Gasteiger partial charge < -0.3 is 4.42 Å². The van der Waals surface area contributed by atoms with Gasteiger partial charge in [0.15, 0.2) is 5.78 Å². The number of benzene rings is 2. The Morgan fingerprint density at radius 3 is 2.02 bits per heavy atom. The number of Topliss-reactive ketones (excluding diaryl/α,β-unsaturated/α-hetero) is 1. The summed E-state index contributed by atoms with van der Waals surface area (Å²) < 4.78 is 7.64. The zero-order valence-electron chi connectivity index (χ0n) is 27.0. The van der Waals surface area contributed by atoms with Crippen LogP contribution in [-0.2, 0) is 10.8 Å². The molecule has 0 amide bonds. The second-order valence-electron chi connectivity index (χ2n) is 13.7. The number of nitrogens with zero attached hydrogens (tertiary/aromatic N) is 5. The van der Waals surface area contributed by atoms with Crippen LogP contribution in [0.15, 0.2) is 94.8 Å². The zero-order valence-corrected chi connectivity index (χ0v) is 27.0. The molecule has 4 heterocycles. The molecular weight excluding hydrogens is 550 g/mol. The van der Waals surface area contributed by atoms with Crippen LogP contribution >= 0.6 is 0 Å². The van der Waals surface area contributed by atoms with Crippen molar-refractivity contribution in [3.63, 3.8) is 0 Å². The second-order valence-corrected chi connectivity index (χ2v) is 13.7. The van der Waals surface area contributed by atoms with Crippen LogP contribution in [0.5, 0.6) is 0 Å². The van der Waals surface area contributed by atoms with E-state index in [4.69, 9.17) is 4.42 Å². The third kappa shape index (κ3) is 7.25. The molecule has 0 aliphatic heterocycles. The lowest BCUT2D eigenvalue weighted by atomic mass is 9.84. The first-order valence-corrected chi connectivity index (χ1v) is 14.6. The lowest BCUT2D eigenvalue weighted by molar-refractivity contribution is 0.0858. The first-order valence-electron chi connectivity index (χ1n) is 14.6. The van der Waals surface area contributed by atoms with Gasteiger partial charge in [0.05, 0.1) is 16.5 Å².